The standard InChI is InChI=1S/C21H26O5/c1-6-7-15-8-10-18(19(12-15)24-4)26-14(2)21(22)16-9-11-17(23-3)20(13-16)25-5/h6,8-14,21-22H,1,7H2,2-5H3/t14-,21-/m0/s1. The number of rotatable bonds is 9. The summed E-state index contributed by atoms with van der Waals surface area (Å²) >= 11 is 0. The van der Waals surface area contributed by atoms with Crippen molar-refractivity contribution in [1.82, 2.24) is 0 Å². The molecule has 0 radical (unpaired) electrons. The molecular weight excluding hydrogens is 332 g/mol. The smallest absolute Gasteiger partial charge is 0.161 e. The van der Waals surface area contributed by atoms with Crippen LogP contribution in [0, 0.1) is 0 Å². The predicted octanol–water partition coefficient (Wildman–Crippen LogP) is 3.94. The molecule has 2 rings (SSSR count). The van der Waals surface area contributed by atoms with E-state index in [2.05, 4.69) is 6.58 Å². The van der Waals surface area contributed by atoms with Crippen LogP contribution < -0.4 is 18.9 Å². The minimum Gasteiger partial charge on any atom is -0.493 e. The lowest BCUT2D eigenvalue weighted by atomic mass is 10.0. The maximum Gasteiger partial charge on any atom is 0.161 e. The average molecular weight is 358 g/mol. The van der Waals surface area contributed by atoms with Crippen molar-refractivity contribution in [3.8, 4) is 23.0 Å². The maximum absolute atomic E-state index is 10.7. The summed E-state index contributed by atoms with van der Waals surface area (Å²) in [7, 11) is 4.72. The molecule has 0 aromatic heterocycles. The Labute approximate surface area is 154 Å². The molecule has 0 saturated carbocycles. The zero-order valence-electron chi connectivity index (χ0n) is 15.7. The molecule has 0 spiro atoms. The van der Waals surface area contributed by atoms with Crippen LogP contribution in [-0.2, 0) is 6.42 Å². The van der Waals surface area contributed by atoms with Gasteiger partial charge in [0.15, 0.2) is 23.0 Å². The molecule has 0 aliphatic rings. The second-order valence-electron chi connectivity index (χ2n) is 5.86. The van der Waals surface area contributed by atoms with Crippen LogP contribution in [0.15, 0.2) is 49.1 Å². The molecule has 26 heavy (non-hydrogen) atoms. The topological polar surface area (TPSA) is 57.2 Å². The molecule has 0 aliphatic carbocycles. The van der Waals surface area contributed by atoms with Crippen molar-refractivity contribution in [2.45, 2.75) is 25.6 Å². The first-order chi connectivity index (χ1) is 12.5. The van der Waals surface area contributed by atoms with E-state index in [4.69, 9.17) is 18.9 Å². The Morgan fingerprint density at radius 3 is 2.15 bits per heavy atom. The van der Waals surface area contributed by atoms with E-state index < -0.39 is 12.2 Å². The third-order valence-corrected chi connectivity index (χ3v) is 4.11. The monoisotopic (exact) mass is 358 g/mol. The van der Waals surface area contributed by atoms with Crippen molar-refractivity contribution in [2.75, 3.05) is 21.3 Å². The number of hydrogen-bond donors (Lipinski definition) is 1. The number of allylic oxidation sites excluding steroid dienone is 1. The minimum atomic E-state index is -0.840. The number of ether oxygens (including phenoxy) is 4. The van der Waals surface area contributed by atoms with Crippen LogP contribution >= 0.6 is 0 Å². The van der Waals surface area contributed by atoms with Gasteiger partial charge in [0.1, 0.15) is 12.2 Å². The Morgan fingerprint density at radius 2 is 1.54 bits per heavy atom. The summed E-state index contributed by atoms with van der Waals surface area (Å²) in [5, 5.41) is 10.7. The average Bonchev–Trinajstić information content (AvgIpc) is 2.67. The van der Waals surface area contributed by atoms with Gasteiger partial charge in [-0.2, -0.15) is 0 Å². The molecule has 2 atom stereocenters. The van der Waals surface area contributed by atoms with E-state index in [1.54, 1.807) is 46.5 Å². The summed E-state index contributed by atoms with van der Waals surface area (Å²) in [6, 6.07) is 11.0. The van der Waals surface area contributed by atoms with Crippen LogP contribution in [0.25, 0.3) is 0 Å². The highest BCUT2D eigenvalue weighted by molar-refractivity contribution is 5.45. The molecule has 2 aromatic carbocycles. The Hall–Kier alpha value is -2.66. The molecule has 2 aromatic rings. The molecule has 0 fully saturated rings. The summed E-state index contributed by atoms with van der Waals surface area (Å²) in [5.41, 5.74) is 1.76. The van der Waals surface area contributed by atoms with E-state index in [9.17, 15) is 5.11 Å². The van der Waals surface area contributed by atoms with Crippen molar-refractivity contribution in [3.05, 3.63) is 60.2 Å². The molecule has 0 aliphatic heterocycles. The summed E-state index contributed by atoms with van der Waals surface area (Å²) in [6.45, 7) is 5.55. The van der Waals surface area contributed by atoms with Gasteiger partial charge >= 0.3 is 0 Å². The first kappa shape index (κ1) is 19.7. The van der Waals surface area contributed by atoms with Crippen molar-refractivity contribution < 1.29 is 24.1 Å². The van der Waals surface area contributed by atoms with Gasteiger partial charge in [0.25, 0.3) is 0 Å². The summed E-state index contributed by atoms with van der Waals surface area (Å²) in [4.78, 5) is 0. The Kier molecular flexibility index (Phi) is 6.92. The van der Waals surface area contributed by atoms with Gasteiger partial charge in [-0.25, -0.2) is 0 Å². The van der Waals surface area contributed by atoms with Gasteiger partial charge in [-0.15, -0.1) is 6.58 Å². The summed E-state index contributed by atoms with van der Waals surface area (Å²) in [6.07, 6.45) is 1.25. The molecule has 140 valence electrons. The zero-order valence-corrected chi connectivity index (χ0v) is 15.7. The van der Waals surface area contributed by atoms with Gasteiger partial charge in [-0.1, -0.05) is 18.2 Å². The third-order valence-electron chi connectivity index (χ3n) is 4.11. The highest BCUT2D eigenvalue weighted by Gasteiger charge is 2.21. The largest absolute Gasteiger partial charge is 0.493 e. The van der Waals surface area contributed by atoms with Gasteiger partial charge in [0.2, 0.25) is 0 Å². The van der Waals surface area contributed by atoms with E-state index >= 15 is 0 Å². The first-order valence-corrected chi connectivity index (χ1v) is 8.38. The molecule has 0 unspecified atom stereocenters. The van der Waals surface area contributed by atoms with Gasteiger partial charge in [-0.3, -0.25) is 0 Å². The van der Waals surface area contributed by atoms with Crippen molar-refractivity contribution in [1.29, 1.82) is 0 Å². The fourth-order valence-corrected chi connectivity index (χ4v) is 2.68. The number of benzene rings is 2. The quantitative estimate of drug-likeness (QED) is 0.688. The highest BCUT2D eigenvalue weighted by atomic mass is 16.5. The third kappa shape index (κ3) is 4.49. The number of methoxy groups -OCH3 is 3. The Morgan fingerprint density at radius 1 is 0.923 bits per heavy atom. The van der Waals surface area contributed by atoms with Crippen molar-refractivity contribution >= 4 is 0 Å². The SMILES string of the molecule is C=CCc1ccc(O[C@@H](C)[C@H](O)c2ccc(OC)c(OC)c2)c(OC)c1. The lowest BCUT2D eigenvalue weighted by molar-refractivity contribution is 0.0449. The first-order valence-electron chi connectivity index (χ1n) is 8.38. The van der Waals surface area contributed by atoms with E-state index in [-0.39, 0.29) is 0 Å². The second kappa shape index (κ2) is 9.15. The fraction of sp³-hybridized carbons (Fsp3) is 0.333. The number of hydrogen-bond acceptors (Lipinski definition) is 5. The van der Waals surface area contributed by atoms with Crippen LogP contribution in [0.5, 0.6) is 23.0 Å². The maximum atomic E-state index is 10.7. The fourth-order valence-electron chi connectivity index (χ4n) is 2.68. The zero-order chi connectivity index (χ0) is 19.1. The van der Waals surface area contributed by atoms with Crippen LogP contribution in [0.2, 0.25) is 0 Å². The molecule has 0 saturated heterocycles. The van der Waals surface area contributed by atoms with Crippen LogP contribution in [0.1, 0.15) is 24.2 Å². The number of aliphatic hydroxyl groups excluding tert-OH is 1. The lowest BCUT2D eigenvalue weighted by Gasteiger charge is -2.23. The predicted molar refractivity (Wildman–Crippen MR) is 101 cm³/mol. The molecule has 1 N–H and O–H groups in total. The Bertz CT molecular complexity index is 741. The van der Waals surface area contributed by atoms with Crippen molar-refractivity contribution in [2.24, 2.45) is 0 Å². The van der Waals surface area contributed by atoms with Gasteiger partial charge in [-0.05, 0) is 48.7 Å². The second-order valence-corrected chi connectivity index (χ2v) is 5.86. The van der Waals surface area contributed by atoms with Crippen LogP contribution in [0.3, 0.4) is 0 Å². The van der Waals surface area contributed by atoms with Gasteiger partial charge in [0.05, 0.1) is 21.3 Å². The van der Waals surface area contributed by atoms with E-state index in [1.807, 2.05) is 24.3 Å². The van der Waals surface area contributed by atoms with Gasteiger partial charge < -0.3 is 24.1 Å². The molecular formula is C21H26O5. The summed E-state index contributed by atoms with van der Waals surface area (Å²) in [5.74, 6) is 2.36. The van der Waals surface area contributed by atoms with Crippen LogP contribution in [0.4, 0.5) is 0 Å². The highest BCUT2D eigenvalue weighted by Crippen LogP contribution is 2.34. The molecule has 5 nitrogen and oxygen atoms in total. The van der Waals surface area contributed by atoms with Gasteiger partial charge in [0, 0.05) is 0 Å². The normalized spacial score (nSPS) is 12.8. The minimum absolute atomic E-state index is 0.493. The molecule has 0 heterocycles. The van der Waals surface area contributed by atoms with E-state index in [0.29, 0.717) is 28.6 Å². The molecule has 0 amide bonds. The Balaban J connectivity index is 2.18. The van der Waals surface area contributed by atoms with Crippen LogP contribution in [-0.4, -0.2) is 32.5 Å². The lowest BCUT2D eigenvalue weighted by Crippen LogP contribution is -2.22. The molecule has 5 heteroatoms. The summed E-state index contributed by atoms with van der Waals surface area (Å²) < 4.78 is 21.9. The number of aliphatic hydroxyl groups is 1. The van der Waals surface area contributed by atoms with Crippen molar-refractivity contribution in [3.63, 3.8) is 0 Å². The van der Waals surface area contributed by atoms with E-state index in [0.717, 1.165) is 12.0 Å². The van der Waals surface area contributed by atoms with E-state index in [1.165, 1.54) is 0 Å². The molecule has 0 bridgehead atoms.